The van der Waals surface area contributed by atoms with Gasteiger partial charge in [-0.05, 0) is 29.8 Å². The Morgan fingerprint density at radius 3 is 2.11 bits per heavy atom. The predicted molar refractivity (Wildman–Crippen MR) is 64.5 cm³/mol. The molecule has 0 radical (unpaired) electrons. The molecule has 1 atom stereocenters. The van der Waals surface area contributed by atoms with Crippen LogP contribution in [0.1, 0.15) is 17.2 Å². The fraction of sp³-hybridized carbons (Fsp3) is 0.0769. The summed E-state index contributed by atoms with van der Waals surface area (Å²) in [6.45, 7) is 0. The molecule has 18 heavy (non-hydrogen) atoms. The molecule has 0 saturated heterocycles. The largest absolute Gasteiger partial charge is 0.384 e. The Morgan fingerprint density at radius 1 is 0.944 bits per heavy atom. The van der Waals surface area contributed by atoms with E-state index in [0.29, 0.717) is 10.5 Å². The van der Waals surface area contributed by atoms with Gasteiger partial charge in [-0.3, -0.25) is 0 Å². The van der Waals surface area contributed by atoms with Crippen molar-refractivity contribution in [3.05, 3.63) is 69.4 Å². The lowest BCUT2D eigenvalue weighted by atomic mass is 10.0. The number of halogens is 4. The van der Waals surface area contributed by atoms with Crippen molar-refractivity contribution in [3.63, 3.8) is 0 Å². The highest BCUT2D eigenvalue weighted by molar-refractivity contribution is 9.10. The van der Waals surface area contributed by atoms with E-state index in [4.69, 9.17) is 0 Å². The van der Waals surface area contributed by atoms with E-state index in [1.165, 1.54) is 18.2 Å². The molecule has 5 heteroatoms. The molecule has 94 valence electrons. The fourth-order valence-corrected chi connectivity index (χ4v) is 1.97. The van der Waals surface area contributed by atoms with Gasteiger partial charge in [-0.2, -0.15) is 0 Å². The summed E-state index contributed by atoms with van der Waals surface area (Å²) >= 11 is 3.08. The van der Waals surface area contributed by atoms with Crippen LogP contribution in [-0.2, 0) is 0 Å². The van der Waals surface area contributed by atoms with Crippen molar-refractivity contribution >= 4 is 15.9 Å². The van der Waals surface area contributed by atoms with E-state index < -0.39 is 23.6 Å². The molecule has 0 spiro atoms. The van der Waals surface area contributed by atoms with E-state index in [1.807, 2.05) is 0 Å². The number of aliphatic hydroxyl groups is 1. The number of hydrogen-bond donors (Lipinski definition) is 1. The van der Waals surface area contributed by atoms with E-state index in [2.05, 4.69) is 15.9 Å². The molecule has 0 fully saturated rings. The zero-order chi connectivity index (χ0) is 13.3. The number of benzene rings is 2. The summed E-state index contributed by atoms with van der Waals surface area (Å²) in [4.78, 5) is 0. The summed E-state index contributed by atoms with van der Waals surface area (Å²) < 4.78 is 40.2. The molecule has 0 amide bonds. The lowest BCUT2D eigenvalue weighted by molar-refractivity contribution is 0.214. The van der Waals surface area contributed by atoms with Crippen molar-refractivity contribution in [1.82, 2.24) is 0 Å². The fourth-order valence-electron chi connectivity index (χ4n) is 1.64. The van der Waals surface area contributed by atoms with Gasteiger partial charge >= 0.3 is 0 Å². The average Bonchev–Trinajstić information content (AvgIpc) is 2.26. The summed E-state index contributed by atoms with van der Waals surface area (Å²) in [5.41, 5.74) is -0.0723. The molecule has 0 aliphatic heterocycles. The maximum Gasteiger partial charge on any atom is 0.130 e. The first-order valence-corrected chi connectivity index (χ1v) is 5.85. The number of hydrogen-bond acceptors (Lipinski definition) is 1. The Morgan fingerprint density at radius 2 is 1.56 bits per heavy atom. The summed E-state index contributed by atoms with van der Waals surface area (Å²) in [5, 5.41) is 9.92. The van der Waals surface area contributed by atoms with Crippen LogP contribution in [0.2, 0.25) is 0 Å². The predicted octanol–water partition coefficient (Wildman–Crippen LogP) is 3.95. The van der Waals surface area contributed by atoms with Gasteiger partial charge < -0.3 is 5.11 Å². The highest BCUT2D eigenvalue weighted by Gasteiger charge is 2.16. The van der Waals surface area contributed by atoms with E-state index in [0.717, 1.165) is 12.1 Å². The molecule has 0 saturated carbocycles. The van der Waals surface area contributed by atoms with Gasteiger partial charge in [-0.1, -0.05) is 22.0 Å². The minimum Gasteiger partial charge on any atom is -0.384 e. The molecule has 0 aliphatic rings. The third-order valence-corrected chi connectivity index (χ3v) is 2.95. The van der Waals surface area contributed by atoms with Crippen LogP contribution in [0.25, 0.3) is 0 Å². The van der Waals surface area contributed by atoms with Gasteiger partial charge in [-0.15, -0.1) is 0 Å². The second kappa shape index (κ2) is 5.12. The van der Waals surface area contributed by atoms with Crippen molar-refractivity contribution in [2.75, 3.05) is 0 Å². The molecule has 1 nitrogen and oxygen atoms in total. The monoisotopic (exact) mass is 316 g/mol. The molecule has 1 N–H and O–H groups in total. The number of aliphatic hydroxyl groups excluding tert-OH is 1. The van der Waals surface area contributed by atoms with Crippen LogP contribution in [0, 0.1) is 17.5 Å². The van der Waals surface area contributed by atoms with Crippen molar-refractivity contribution in [2.45, 2.75) is 6.10 Å². The van der Waals surface area contributed by atoms with Crippen LogP contribution in [0.15, 0.2) is 40.9 Å². The first-order valence-electron chi connectivity index (χ1n) is 5.06. The van der Waals surface area contributed by atoms with E-state index >= 15 is 0 Å². The molecule has 0 aromatic heterocycles. The molecule has 1 unspecified atom stereocenters. The Bertz CT molecular complexity index is 566. The quantitative estimate of drug-likeness (QED) is 0.889. The molecule has 0 aliphatic carbocycles. The van der Waals surface area contributed by atoms with Crippen LogP contribution in [-0.4, -0.2) is 5.11 Å². The summed E-state index contributed by atoms with van der Waals surface area (Å²) in [5.74, 6) is -2.29. The van der Waals surface area contributed by atoms with Crippen LogP contribution in [0.3, 0.4) is 0 Å². The van der Waals surface area contributed by atoms with E-state index in [9.17, 15) is 18.3 Å². The Hall–Kier alpha value is -1.33. The Kier molecular flexibility index (Phi) is 3.73. The molecular formula is C13H8BrF3O. The minimum absolute atomic E-state index is 0.0336. The van der Waals surface area contributed by atoms with Crippen LogP contribution in [0.4, 0.5) is 13.2 Å². The summed E-state index contributed by atoms with van der Waals surface area (Å²) in [6.07, 6.45) is -1.41. The first kappa shape index (κ1) is 13.1. The Balaban J connectivity index is 2.44. The number of rotatable bonds is 2. The van der Waals surface area contributed by atoms with Gasteiger partial charge in [0.25, 0.3) is 0 Å². The molecule has 2 rings (SSSR count). The van der Waals surface area contributed by atoms with Gasteiger partial charge in [-0.25, -0.2) is 13.2 Å². The van der Waals surface area contributed by atoms with Crippen molar-refractivity contribution in [2.24, 2.45) is 0 Å². The SMILES string of the molecule is OC(c1cc(F)cc(F)c1)c1ccc(Br)cc1F. The standard InChI is InChI=1S/C13H8BrF3O/c14-8-1-2-11(12(17)5-8)13(18)7-3-9(15)6-10(16)4-7/h1-6,13,18H. The molecule has 2 aromatic carbocycles. The van der Waals surface area contributed by atoms with Gasteiger partial charge in [0.15, 0.2) is 0 Å². The van der Waals surface area contributed by atoms with Gasteiger partial charge in [0, 0.05) is 16.1 Å². The smallest absolute Gasteiger partial charge is 0.130 e. The second-order valence-corrected chi connectivity index (χ2v) is 4.69. The van der Waals surface area contributed by atoms with Crippen LogP contribution in [0.5, 0.6) is 0 Å². The van der Waals surface area contributed by atoms with Crippen molar-refractivity contribution < 1.29 is 18.3 Å². The zero-order valence-corrected chi connectivity index (χ0v) is 10.6. The van der Waals surface area contributed by atoms with E-state index in [-0.39, 0.29) is 11.1 Å². The maximum absolute atomic E-state index is 13.6. The second-order valence-electron chi connectivity index (χ2n) is 3.77. The highest BCUT2D eigenvalue weighted by atomic mass is 79.9. The van der Waals surface area contributed by atoms with Gasteiger partial charge in [0.05, 0.1) is 0 Å². The van der Waals surface area contributed by atoms with Gasteiger partial charge in [0.1, 0.15) is 23.6 Å². The molecule has 2 aromatic rings. The first-order chi connectivity index (χ1) is 8.47. The third-order valence-electron chi connectivity index (χ3n) is 2.46. The van der Waals surface area contributed by atoms with Crippen molar-refractivity contribution in [1.29, 1.82) is 0 Å². The van der Waals surface area contributed by atoms with Crippen LogP contribution >= 0.6 is 15.9 Å². The lowest BCUT2D eigenvalue weighted by Crippen LogP contribution is -2.03. The lowest BCUT2D eigenvalue weighted by Gasteiger charge is -2.13. The molecular weight excluding hydrogens is 309 g/mol. The van der Waals surface area contributed by atoms with Crippen molar-refractivity contribution in [3.8, 4) is 0 Å². The topological polar surface area (TPSA) is 20.2 Å². The summed E-state index contributed by atoms with van der Waals surface area (Å²) in [7, 11) is 0. The van der Waals surface area contributed by atoms with Crippen LogP contribution < -0.4 is 0 Å². The normalized spacial score (nSPS) is 12.5. The third kappa shape index (κ3) is 2.73. The Labute approximate surface area is 110 Å². The molecule has 0 heterocycles. The summed E-state index contributed by atoms with van der Waals surface area (Å²) in [6, 6.07) is 6.69. The highest BCUT2D eigenvalue weighted by Crippen LogP contribution is 2.27. The molecule has 0 bridgehead atoms. The maximum atomic E-state index is 13.6. The minimum atomic E-state index is -1.41. The van der Waals surface area contributed by atoms with Gasteiger partial charge in [0.2, 0.25) is 0 Å². The average molecular weight is 317 g/mol. The van der Waals surface area contributed by atoms with E-state index in [1.54, 1.807) is 0 Å². The zero-order valence-electron chi connectivity index (χ0n) is 9.00.